The molecule has 2 nitrogen and oxygen atoms in total. The standard InChI is InChI=1S/C14H13BrFNO/c1-9(17)11-4-2-3-5-14(11)18-10-6-7-12(15)13(16)8-10/h2-9H,17H2,1H3/t9-/m0/s1. The van der Waals surface area contributed by atoms with Crippen LogP contribution >= 0.6 is 15.9 Å². The molecule has 1 atom stereocenters. The van der Waals surface area contributed by atoms with Crippen molar-refractivity contribution in [3.05, 3.63) is 58.3 Å². The molecule has 0 saturated carbocycles. The summed E-state index contributed by atoms with van der Waals surface area (Å²) in [6.07, 6.45) is 0. The van der Waals surface area contributed by atoms with Crippen LogP contribution in [-0.4, -0.2) is 0 Å². The maximum atomic E-state index is 13.4. The molecule has 4 heteroatoms. The van der Waals surface area contributed by atoms with Crippen molar-refractivity contribution in [3.63, 3.8) is 0 Å². The van der Waals surface area contributed by atoms with Gasteiger partial charge in [0.05, 0.1) is 4.47 Å². The first-order valence-electron chi connectivity index (χ1n) is 5.55. The van der Waals surface area contributed by atoms with Crippen molar-refractivity contribution in [2.24, 2.45) is 5.73 Å². The summed E-state index contributed by atoms with van der Waals surface area (Å²) in [4.78, 5) is 0. The lowest BCUT2D eigenvalue weighted by atomic mass is 10.1. The van der Waals surface area contributed by atoms with Crippen molar-refractivity contribution < 1.29 is 9.13 Å². The molecule has 0 radical (unpaired) electrons. The summed E-state index contributed by atoms with van der Waals surface area (Å²) in [5.41, 5.74) is 6.75. The van der Waals surface area contributed by atoms with Crippen LogP contribution in [0.1, 0.15) is 18.5 Å². The average molecular weight is 310 g/mol. The van der Waals surface area contributed by atoms with Gasteiger partial charge in [-0.15, -0.1) is 0 Å². The molecule has 0 spiro atoms. The summed E-state index contributed by atoms with van der Waals surface area (Å²) < 4.78 is 19.5. The molecule has 0 unspecified atom stereocenters. The highest BCUT2D eigenvalue weighted by atomic mass is 79.9. The summed E-state index contributed by atoms with van der Waals surface area (Å²) in [5.74, 6) is 0.740. The first-order chi connectivity index (χ1) is 8.58. The maximum Gasteiger partial charge on any atom is 0.141 e. The SMILES string of the molecule is C[C@H](N)c1ccccc1Oc1ccc(Br)c(F)c1. The fraction of sp³-hybridized carbons (Fsp3) is 0.143. The Hall–Kier alpha value is -1.39. The number of halogens is 2. The lowest BCUT2D eigenvalue weighted by Gasteiger charge is -2.13. The minimum atomic E-state index is -0.356. The van der Waals surface area contributed by atoms with E-state index < -0.39 is 0 Å². The van der Waals surface area contributed by atoms with Gasteiger partial charge in [0.1, 0.15) is 17.3 Å². The van der Waals surface area contributed by atoms with E-state index in [4.69, 9.17) is 10.5 Å². The second-order valence-corrected chi connectivity index (χ2v) is 4.86. The van der Waals surface area contributed by atoms with Crippen molar-refractivity contribution in [1.29, 1.82) is 0 Å². The van der Waals surface area contributed by atoms with E-state index in [1.165, 1.54) is 6.07 Å². The molecular weight excluding hydrogens is 297 g/mol. The highest BCUT2D eigenvalue weighted by Crippen LogP contribution is 2.30. The third kappa shape index (κ3) is 2.89. The molecule has 0 heterocycles. The van der Waals surface area contributed by atoms with E-state index in [9.17, 15) is 4.39 Å². The van der Waals surface area contributed by atoms with E-state index in [0.29, 0.717) is 16.0 Å². The zero-order valence-electron chi connectivity index (χ0n) is 9.86. The van der Waals surface area contributed by atoms with Crippen LogP contribution < -0.4 is 10.5 Å². The van der Waals surface area contributed by atoms with Gasteiger partial charge in [-0.3, -0.25) is 0 Å². The maximum absolute atomic E-state index is 13.4. The number of ether oxygens (including phenoxy) is 1. The lowest BCUT2D eigenvalue weighted by Crippen LogP contribution is -2.06. The van der Waals surface area contributed by atoms with E-state index in [2.05, 4.69) is 15.9 Å². The molecule has 0 amide bonds. The summed E-state index contributed by atoms with van der Waals surface area (Å²) >= 11 is 3.10. The van der Waals surface area contributed by atoms with E-state index in [1.807, 2.05) is 31.2 Å². The minimum Gasteiger partial charge on any atom is -0.457 e. The minimum absolute atomic E-state index is 0.138. The van der Waals surface area contributed by atoms with E-state index in [-0.39, 0.29) is 11.9 Å². The molecule has 2 rings (SSSR count). The third-order valence-corrected chi connectivity index (χ3v) is 3.17. The van der Waals surface area contributed by atoms with Crippen molar-refractivity contribution in [2.45, 2.75) is 13.0 Å². The Kier molecular flexibility index (Phi) is 3.99. The van der Waals surface area contributed by atoms with Crippen molar-refractivity contribution in [1.82, 2.24) is 0 Å². The monoisotopic (exact) mass is 309 g/mol. The van der Waals surface area contributed by atoms with Gasteiger partial charge in [0.15, 0.2) is 0 Å². The topological polar surface area (TPSA) is 35.2 Å². The van der Waals surface area contributed by atoms with E-state index >= 15 is 0 Å². The van der Waals surface area contributed by atoms with Gasteiger partial charge in [0, 0.05) is 17.7 Å². The molecule has 2 aromatic carbocycles. The quantitative estimate of drug-likeness (QED) is 0.912. The van der Waals surface area contributed by atoms with Gasteiger partial charge >= 0.3 is 0 Å². The zero-order chi connectivity index (χ0) is 13.1. The zero-order valence-corrected chi connectivity index (χ0v) is 11.4. The van der Waals surface area contributed by atoms with Crippen LogP contribution in [0.25, 0.3) is 0 Å². The molecule has 0 aliphatic carbocycles. The van der Waals surface area contributed by atoms with Gasteiger partial charge in [0.2, 0.25) is 0 Å². The van der Waals surface area contributed by atoms with Crippen LogP contribution in [0.4, 0.5) is 4.39 Å². The highest BCUT2D eigenvalue weighted by Gasteiger charge is 2.09. The summed E-state index contributed by atoms with van der Waals surface area (Å²) in [6.45, 7) is 1.88. The largest absolute Gasteiger partial charge is 0.457 e. The molecular formula is C14H13BrFNO. The normalized spacial score (nSPS) is 12.2. The third-order valence-electron chi connectivity index (χ3n) is 2.53. The first-order valence-corrected chi connectivity index (χ1v) is 6.34. The predicted octanol–water partition coefficient (Wildman–Crippen LogP) is 4.40. The van der Waals surface area contributed by atoms with Crippen molar-refractivity contribution >= 4 is 15.9 Å². The van der Waals surface area contributed by atoms with Gasteiger partial charge in [-0.25, -0.2) is 4.39 Å². The second-order valence-electron chi connectivity index (χ2n) is 4.00. The van der Waals surface area contributed by atoms with Gasteiger partial charge in [-0.1, -0.05) is 18.2 Å². The average Bonchev–Trinajstić information content (AvgIpc) is 2.34. The van der Waals surface area contributed by atoms with Gasteiger partial charge in [-0.05, 0) is 41.1 Å². The van der Waals surface area contributed by atoms with E-state index in [0.717, 1.165) is 5.56 Å². The summed E-state index contributed by atoms with van der Waals surface area (Å²) in [6, 6.07) is 12.0. The Balaban J connectivity index is 2.31. The molecule has 0 aromatic heterocycles. The Bertz CT molecular complexity index is 557. The number of rotatable bonds is 3. The van der Waals surface area contributed by atoms with E-state index in [1.54, 1.807) is 12.1 Å². The van der Waals surface area contributed by atoms with Gasteiger partial charge < -0.3 is 10.5 Å². The van der Waals surface area contributed by atoms with Crippen LogP contribution in [0.3, 0.4) is 0 Å². The van der Waals surface area contributed by atoms with Crippen LogP contribution in [-0.2, 0) is 0 Å². The van der Waals surface area contributed by atoms with Crippen LogP contribution in [0, 0.1) is 5.82 Å². The lowest BCUT2D eigenvalue weighted by molar-refractivity contribution is 0.466. The first kappa shape index (κ1) is 13.1. The summed E-state index contributed by atoms with van der Waals surface area (Å²) in [5, 5.41) is 0. The number of hydrogen-bond acceptors (Lipinski definition) is 2. The fourth-order valence-corrected chi connectivity index (χ4v) is 1.86. The number of para-hydroxylation sites is 1. The number of nitrogens with two attached hydrogens (primary N) is 1. The molecule has 2 aromatic rings. The van der Waals surface area contributed by atoms with Crippen molar-refractivity contribution in [3.8, 4) is 11.5 Å². The smallest absolute Gasteiger partial charge is 0.141 e. The molecule has 0 bridgehead atoms. The number of benzene rings is 2. The van der Waals surface area contributed by atoms with Crippen LogP contribution in [0.2, 0.25) is 0 Å². The molecule has 0 aliphatic heterocycles. The van der Waals surface area contributed by atoms with Crippen LogP contribution in [0.5, 0.6) is 11.5 Å². The number of hydrogen-bond donors (Lipinski definition) is 1. The Morgan fingerprint density at radius 3 is 2.61 bits per heavy atom. The fourth-order valence-electron chi connectivity index (χ4n) is 1.62. The summed E-state index contributed by atoms with van der Waals surface area (Å²) in [7, 11) is 0. The van der Waals surface area contributed by atoms with Crippen molar-refractivity contribution in [2.75, 3.05) is 0 Å². The predicted molar refractivity (Wildman–Crippen MR) is 73.2 cm³/mol. The second kappa shape index (κ2) is 5.50. The molecule has 0 saturated heterocycles. The molecule has 18 heavy (non-hydrogen) atoms. The van der Waals surface area contributed by atoms with Gasteiger partial charge in [0.25, 0.3) is 0 Å². The van der Waals surface area contributed by atoms with Gasteiger partial charge in [-0.2, -0.15) is 0 Å². The highest BCUT2D eigenvalue weighted by molar-refractivity contribution is 9.10. The molecule has 0 fully saturated rings. The molecule has 0 aliphatic rings. The Morgan fingerprint density at radius 2 is 1.94 bits per heavy atom. The van der Waals surface area contributed by atoms with Crippen LogP contribution in [0.15, 0.2) is 46.9 Å². The molecule has 2 N–H and O–H groups in total. The Morgan fingerprint density at radius 1 is 1.22 bits per heavy atom. The Labute approximate surface area is 114 Å². The molecule has 94 valence electrons.